The van der Waals surface area contributed by atoms with Gasteiger partial charge in [-0.05, 0) is 203 Å². The Morgan fingerprint density at radius 3 is 1.01 bits per heavy atom. The fraction of sp³-hybridized carbons (Fsp3) is 0.169. The van der Waals surface area contributed by atoms with Gasteiger partial charge in [-0.25, -0.2) is 0 Å². The van der Waals surface area contributed by atoms with Crippen molar-refractivity contribution < 1.29 is 0 Å². The highest BCUT2D eigenvalue weighted by Gasteiger charge is 2.47. The molecule has 0 bridgehead atoms. The van der Waals surface area contributed by atoms with Gasteiger partial charge in [0.25, 0.3) is 0 Å². The molecule has 0 N–H and O–H groups in total. The summed E-state index contributed by atoms with van der Waals surface area (Å²) in [6, 6.07) is 80.8. The Morgan fingerprint density at radius 1 is 0.291 bits per heavy atom. The van der Waals surface area contributed by atoms with E-state index in [1.54, 1.807) is 0 Å². The van der Waals surface area contributed by atoms with Crippen LogP contribution in [0.25, 0.3) is 120 Å². The number of fused-ring (bicyclic) bond motifs is 7. The molecule has 0 nitrogen and oxygen atoms in total. The minimum atomic E-state index is -0.610. The lowest BCUT2D eigenvalue weighted by Crippen LogP contribution is -2.28. The topological polar surface area (TPSA) is 0 Å². The molecular formula is C77H60Br2. The summed E-state index contributed by atoms with van der Waals surface area (Å²) in [5, 5.41) is 20.8. The number of aryl methyl sites for hydroxylation is 2. The third-order valence-corrected chi connectivity index (χ3v) is 19.8. The average molecular weight is 1150 g/mol. The highest BCUT2D eigenvalue weighted by atomic mass is 79.9. The molecule has 2 heteroatoms. The van der Waals surface area contributed by atoms with Crippen LogP contribution in [0.2, 0.25) is 0 Å². The monoisotopic (exact) mass is 1140 g/mol. The Morgan fingerprint density at radius 2 is 0.620 bits per heavy atom. The molecular weight excluding hydrogens is 1080 g/mol. The third-order valence-electron chi connectivity index (χ3n) is 18.4. The molecule has 0 saturated carbocycles. The quantitative estimate of drug-likeness (QED) is 0.0578. The summed E-state index contributed by atoms with van der Waals surface area (Å²) in [4.78, 5) is 0. The minimum Gasteiger partial charge on any atom is -0.0654 e. The number of unbranched alkanes of at least 4 members (excludes halogenated alkanes) is 6. The molecule has 0 aliphatic heterocycles. The van der Waals surface area contributed by atoms with Gasteiger partial charge in [-0.3, -0.25) is 0 Å². The van der Waals surface area contributed by atoms with Gasteiger partial charge < -0.3 is 0 Å². The van der Waals surface area contributed by atoms with Crippen LogP contribution in [0.5, 0.6) is 0 Å². The van der Waals surface area contributed by atoms with E-state index in [9.17, 15) is 0 Å². The van der Waals surface area contributed by atoms with Gasteiger partial charge in [-0.15, -0.1) is 0 Å². The first-order valence-corrected chi connectivity index (χ1v) is 30.6. The lowest BCUT2D eigenvalue weighted by molar-refractivity contribution is 0.666. The van der Waals surface area contributed by atoms with Crippen molar-refractivity contribution in [2.45, 2.75) is 83.5 Å². The number of hydrogen-bond acceptors (Lipinski definition) is 0. The number of halogens is 2. The van der Waals surface area contributed by atoms with E-state index in [0.29, 0.717) is 0 Å². The SMILES string of the molecule is CCCCCCc1ccc(C2(c3ccc(CCCCCC)cc3)c3cc(-c4ccc5c6cccc7c(Br)ccc(c8cccc4c85)c76)ccc3-c3ccc(-c4ccc5c6ccc(Br)c7cccc(c8cccc4c85)c76)cc32)cc1. The molecule has 0 radical (unpaired) electrons. The maximum atomic E-state index is 3.90. The Kier molecular flexibility index (Phi) is 12.0. The van der Waals surface area contributed by atoms with Crippen LogP contribution >= 0.6 is 31.9 Å². The molecule has 0 saturated heterocycles. The Bertz CT molecular complexity index is 4350. The Hall–Kier alpha value is -7.36. The average Bonchev–Trinajstić information content (AvgIpc) is 3.83. The van der Waals surface area contributed by atoms with Gasteiger partial charge in [-0.2, -0.15) is 0 Å². The molecule has 0 unspecified atom stereocenters. The van der Waals surface area contributed by atoms with Crippen molar-refractivity contribution in [3.05, 3.63) is 249 Å². The summed E-state index contributed by atoms with van der Waals surface area (Å²) < 4.78 is 2.27. The van der Waals surface area contributed by atoms with E-state index in [1.807, 2.05) is 0 Å². The molecule has 0 heterocycles. The predicted octanol–water partition coefficient (Wildman–Crippen LogP) is 23.3. The summed E-state index contributed by atoms with van der Waals surface area (Å²) in [6.07, 6.45) is 12.2. The van der Waals surface area contributed by atoms with Crippen LogP contribution in [0.1, 0.15) is 98.6 Å². The fourth-order valence-electron chi connectivity index (χ4n) is 14.7. The van der Waals surface area contributed by atoms with Crippen LogP contribution < -0.4 is 0 Å². The standard InChI is InChI=1S/C77H60Br2/c1-3-5-7-9-15-47-25-31-51(32-26-47)77(52-33-27-48(28-34-52)16-10-8-6-4-2)69-45-49(53-37-39-63-62-22-14-24-68-71(78)43-41-65(76(62)68)61-20-12-18-58(53)74(61)63)29-35-55(69)56-36-30-50(46-70(56)77)54-38-40-64-66-42-44-72(79)67-23-13-21-60(75(66)67)59-19-11-17-57(54)73(59)64/h11-14,17-46H,3-10,15-16H2,1-2H3. The number of benzene rings is 14. The van der Waals surface area contributed by atoms with Gasteiger partial charge in [0, 0.05) is 8.95 Å². The second-order valence-corrected chi connectivity index (χ2v) is 24.4. The van der Waals surface area contributed by atoms with E-state index in [4.69, 9.17) is 0 Å². The number of rotatable bonds is 14. The second-order valence-electron chi connectivity index (χ2n) is 22.7. The van der Waals surface area contributed by atoms with Crippen LogP contribution in [0.15, 0.2) is 215 Å². The van der Waals surface area contributed by atoms with E-state index in [0.717, 1.165) is 21.8 Å². The van der Waals surface area contributed by atoms with E-state index in [1.165, 1.54) is 204 Å². The van der Waals surface area contributed by atoms with Crippen molar-refractivity contribution in [3.63, 3.8) is 0 Å². The minimum absolute atomic E-state index is 0.610. The van der Waals surface area contributed by atoms with Gasteiger partial charge in [0.2, 0.25) is 0 Å². The zero-order chi connectivity index (χ0) is 52.9. The summed E-state index contributed by atoms with van der Waals surface area (Å²) in [7, 11) is 0. The third kappa shape index (κ3) is 7.50. The smallest absolute Gasteiger partial charge is 0.0654 e. The van der Waals surface area contributed by atoms with Crippen LogP contribution in [0.3, 0.4) is 0 Å². The molecule has 79 heavy (non-hydrogen) atoms. The van der Waals surface area contributed by atoms with E-state index < -0.39 is 5.41 Å². The van der Waals surface area contributed by atoms with Crippen molar-refractivity contribution in [2.24, 2.45) is 0 Å². The van der Waals surface area contributed by atoms with E-state index in [2.05, 4.69) is 252 Å². The lowest BCUT2D eigenvalue weighted by Gasteiger charge is -2.35. The van der Waals surface area contributed by atoms with Crippen molar-refractivity contribution in [1.82, 2.24) is 0 Å². The lowest BCUT2D eigenvalue weighted by atomic mass is 9.66. The van der Waals surface area contributed by atoms with Crippen LogP contribution in [0.4, 0.5) is 0 Å². The molecule has 0 fully saturated rings. The summed E-state index contributed by atoms with van der Waals surface area (Å²) >= 11 is 7.80. The molecule has 1 aliphatic rings. The zero-order valence-corrected chi connectivity index (χ0v) is 48.1. The van der Waals surface area contributed by atoms with E-state index >= 15 is 0 Å². The maximum absolute atomic E-state index is 3.90. The number of hydrogen-bond donors (Lipinski definition) is 0. The van der Waals surface area contributed by atoms with Gasteiger partial charge >= 0.3 is 0 Å². The van der Waals surface area contributed by atoms with Crippen molar-refractivity contribution >= 4 is 118 Å². The second kappa shape index (κ2) is 19.5. The zero-order valence-electron chi connectivity index (χ0n) is 45.0. The summed E-state index contributed by atoms with van der Waals surface area (Å²) in [5.41, 5.74) is 15.2. The Labute approximate surface area is 480 Å². The molecule has 1 aliphatic carbocycles. The van der Waals surface area contributed by atoms with Gasteiger partial charge in [-0.1, -0.05) is 266 Å². The highest BCUT2D eigenvalue weighted by Crippen LogP contribution is 2.59. The molecule has 382 valence electrons. The first-order chi connectivity index (χ1) is 38.9. The molecule has 14 aromatic rings. The molecule has 15 rings (SSSR count). The molecule has 0 atom stereocenters. The highest BCUT2D eigenvalue weighted by molar-refractivity contribution is 9.11. The van der Waals surface area contributed by atoms with E-state index in [-0.39, 0.29) is 0 Å². The van der Waals surface area contributed by atoms with Crippen LogP contribution in [-0.2, 0) is 18.3 Å². The molecule has 0 spiro atoms. The Balaban J connectivity index is 0.971. The maximum Gasteiger partial charge on any atom is 0.0714 e. The normalized spacial score (nSPS) is 13.2. The van der Waals surface area contributed by atoms with Crippen molar-refractivity contribution in [3.8, 4) is 33.4 Å². The first-order valence-electron chi connectivity index (χ1n) is 29.0. The fourth-order valence-corrected chi connectivity index (χ4v) is 15.6. The molecule has 0 aromatic heterocycles. The molecule has 0 amide bonds. The van der Waals surface area contributed by atoms with Crippen LogP contribution in [0, 0.1) is 0 Å². The summed E-state index contributed by atoms with van der Waals surface area (Å²) in [5.74, 6) is 0. The predicted molar refractivity (Wildman–Crippen MR) is 348 cm³/mol. The molecule has 14 aromatic carbocycles. The van der Waals surface area contributed by atoms with Crippen molar-refractivity contribution in [2.75, 3.05) is 0 Å². The van der Waals surface area contributed by atoms with Crippen molar-refractivity contribution in [1.29, 1.82) is 0 Å². The van der Waals surface area contributed by atoms with Gasteiger partial charge in [0.1, 0.15) is 0 Å². The first kappa shape index (κ1) is 48.7. The summed E-state index contributed by atoms with van der Waals surface area (Å²) in [6.45, 7) is 4.61. The largest absolute Gasteiger partial charge is 0.0714 e. The van der Waals surface area contributed by atoms with Crippen LogP contribution in [-0.4, -0.2) is 0 Å². The van der Waals surface area contributed by atoms with Gasteiger partial charge in [0.05, 0.1) is 5.41 Å². The van der Waals surface area contributed by atoms with Gasteiger partial charge in [0.15, 0.2) is 0 Å².